The highest BCUT2D eigenvalue weighted by molar-refractivity contribution is 7.16. The van der Waals surface area contributed by atoms with Crippen LogP contribution in [0.15, 0.2) is 23.0 Å². The highest BCUT2D eigenvalue weighted by Crippen LogP contribution is 2.26. The van der Waals surface area contributed by atoms with Crippen molar-refractivity contribution in [1.82, 2.24) is 14.8 Å². The monoisotopic (exact) mass is 355 g/mol. The predicted octanol–water partition coefficient (Wildman–Crippen LogP) is 3.59. The van der Waals surface area contributed by atoms with E-state index in [0.717, 1.165) is 24.0 Å². The molecule has 2 atom stereocenters. The molecule has 0 radical (unpaired) electrons. The Balaban J connectivity index is 1.67. The SMILES string of the molecule is C[C@@H]1[C@@H](C)N(C(=O)c2cscn2)CCN1Cc1ccc(Cl)s1. The summed E-state index contributed by atoms with van der Waals surface area (Å²) in [5.41, 5.74) is 2.26. The molecule has 0 spiro atoms. The van der Waals surface area contributed by atoms with E-state index in [1.807, 2.05) is 16.3 Å². The van der Waals surface area contributed by atoms with Gasteiger partial charge in [0.1, 0.15) is 5.69 Å². The molecule has 22 heavy (non-hydrogen) atoms. The Kier molecular flexibility index (Phi) is 4.82. The van der Waals surface area contributed by atoms with Crippen LogP contribution < -0.4 is 0 Å². The molecule has 7 heteroatoms. The van der Waals surface area contributed by atoms with Gasteiger partial charge in [-0.25, -0.2) is 4.98 Å². The third-order valence-electron chi connectivity index (χ3n) is 4.29. The molecular formula is C15H18ClN3OS2. The molecule has 2 aromatic rings. The summed E-state index contributed by atoms with van der Waals surface area (Å²) in [6, 6.07) is 4.49. The minimum Gasteiger partial charge on any atom is -0.332 e. The Hall–Kier alpha value is -0.950. The number of thiophene rings is 1. The first kappa shape index (κ1) is 15.9. The standard InChI is InChI=1S/C15H18ClN3OS2/c1-10-11(2)19(15(20)13-8-21-9-17-13)6-5-18(10)7-12-3-4-14(16)22-12/h3-4,8-11H,5-7H2,1-2H3/t10-,11-/m1/s1. The van der Waals surface area contributed by atoms with Crippen molar-refractivity contribution in [3.63, 3.8) is 0 Å². The largest absolute Gasteiger partial charge is 0.332 e. The quantitative estimate of drug-likeness (QED) is 0.844. The number of hydrogen-bond acceptors (Lipinski definition) is 5. The van der Waals surface area contributed by atoms with Gasteiger partial charge in [0.2, 0.25) is 0 Å². The van der Waals surface area contributed by atoms with Gasteiger partial charge in [-0.3, -0.25) is 9.69 Å². The Morgan fingerprint density at radius 3 is 2.82 bits per heavy atom. The van der Waals surface area contributed by atoms with Crippen LogP contribution in [0.2, 0.25) is 4.34 Å². The molecule has 4 nitrogen and oxygen atoms in total. The fourth-order valence-electron chi connectivity index (χ4n) is 2.82. The zero-order valence-corrected chi connectivity index (χ0v) is 14.9. The predicted molar refractivity (Wildman–Crippen MR) is 91.8 cm³/mol. The molecule has 3 rings (SSSR count). The van der Waals surface area contributed by atoms with Gasteiger partial charge in [-0.1, -0.05) is 11.6 Å². The van der Waals surface area contributed by atoms with Gasteiger partial charge in [0, 0.05) is 42.0 Å². The Morgan fingerprint density at radius 1 is 1.36 bits per heavy atom. The first-order valence-electron chi connectivity index (χ1n) is 7.23. The molecule has 0 aliphatic carbocycles. The van der Waals surface area contributed by atoms with Crippen LogP contribution >= 0.6 is 34.3 Å². The summed E-state index contributed by atoms with van der Waals surface area (Å²) >= 11 is 9.09. The van der Waals surface area contributed by atoms with E-state index >= 15 is 0 Å². The molecule has 0 N–H and O–H groups in total. The van der Waals surface area contributed by atoms with E-state index in [9.17, 15) is 4.79 Å². The molecule has 1 fully saturated rings. The van der Waals surface area contributed by atoms with Gasteiger partial charge < -0.3 is 4.90 Å². The molecule has 3 heterocycles. The van der Waals surface area contributed by atoms with E-state index in [2.05, 4.69) is 29.8 Å². The van der Waals surface area contributed by atoms with E-state index in [-0.39, 0.29) is 11.9 Å². The fraction of sp³-hybridized carbons (Fsp3) is 0.467. The van der Waals surface area contributed by atoms with E-state index < -0.39 is 0 Å². The minimum absolute atomic E-state index is 0.0411. The zero-order valence-electron chi connectivity index (χ0n) is 12.5. The lowest BCUT2D eigenvalue weighted by molar-refractivity contribution is 0.0250. The van der Waals surface area contributed by atoms with Gasteiger partial charge in [-0.05, 0) is 26.0 Å². The van der Waals surface area contributed by atoms with Crippen molar-refractivity contribution in [3.8, 4) is 0 Å². The lowest BCUT2D eigenvalue weighted by atomic mass is 10.0. The molecule has 118 valence electrons. The number of carbonyl (C=O) groups is 1. The van der Waals surface area contributed by atoms with Gasteiger partial charge >= 0.3 is 0 Å². The molecule has 0 unspecified atom stereocenters. The highest BCUT2D eigenvalue weighted by Gasteiger charge is 2.34. The van der Waals surface area contributed by atoms with Crippen molar-refractivity contribution in [3.05, 3.63) is 37.9 Å². The normalized spacial score (nSPS) is 23.0. The second-order valence-corrected chi connectivity index (χ2v) is 8.05. The van der Waals surface area contributed by atoms with Crippen molar-refractivity contribution in [2.24, 2.45) is 0 Å². The van der Waals surface area contributed by atoms with Crippen molar-refractivity contribution >= 4 is 40.2 Å². The number of amides is 1. The fourth-order valence-corrected chi connectivity index (χ4v) is 4.46. The summed E-state index contributed by atoms with van der Waals surface area (Å²) in [5.74, 6) is 0.0411. The second kappa shape index (κ2) is 6.66. The van der Waals surface area contributed by atoms with E-state index in [4.69, 9.17) is 11.6 Å². The maximum absolute atomic E-state index is 12.5. The van der Waals surface area contributed by atoms with Crippen LogP contribution in [-0.4, -0.2) is 45.9 Å². The van der Waals surface area contributed by atoms with E-state index in [0.29, 0.717) is 11.7 Å². The van der Waals surface area contributed by atoms with Crippen molar-refractivity contribution in [2.75, 3.05) is 13.1 Å². The number of aromatic nitrogens is 1. The molecule has 1 aliphatic heterocycles. The topological polar surface area (TPSA) is 36.4 Å². The van der Waals surface area contributed by atoms with E-state index in [1.54, 1.807) is 16.8 Å². The summed E-state index contributed by atoms with van der Waals surface area (Å²) in [7, 11) is 0. The summed E-state index contributed by atoms with van der Waals surface area (Å²) < 4.78 is 0.827. The summed E-state index contributed by atoms with van der Waals surface area (Å²) in [5, 5.41) is 1.82. The van der Waals surface area contributed by atoms with Crippen LogP contribution in [0.4, 0.5) is 0 Å². The molecule has 1 amide bonds. The number of nitrogens with zero attached hydrogens (tertiary/aromatic N) is 3. The molecule has 0 aromatic carbocycles. The first-order chi connectivity index (χ1) is 10.6. The highest BCUT2D eigenvalue weighted by atomic mass is 35.5. The number of halogens is 1. The molecule has 2 aromatic heterocycles. The lowest BCUT2D eigenvalue weighted by Crippen LogP contribution is -2.58. The third-order valence-corrected chi connectivity index (χ3v) is 6.10. The van der Waals surface area contributed by atoms with Gasteiger partial charge in [0.25, 0.3) is 5.91 Å². The van der Waals surface area contributed by atoms with Gasteiger partial charge in [0.15, 0.2) is 0 Å². The van der Waals surface area contributed by atoms with E-state index in [1.165, 1.54) is 16.2 Å². The lowest BCUT2D eigenvalue weighted by Gasteiger charge is -2.44. The maximum Gasteiger partial charge on any atom is 0.273 e. The number of piperazine rings is 1. The van der Waals surface area contributed by atoms with Crippen molar-refractivity contribution < 1.29 is 4.79 Å². The second-order valence-electron chi connectivity index (χ2n) is 5.53. The Bertz CT molecular complexity index is 643. The average molecular weight is 356 g/mol. The summed E-state index contributed by atoms with van der Waals surface area (Å²) in [4.78, 5) is 22.3. The number of hydrogen-bond donors (Lipinski definition) is 0. The van der Waals surface area contributed by atoms with Crippen LogP contribution in [0, 0.1) is 0 Å². The van der Waals surface area contributed by atoms with Crippen LogP contribution in [0.1, 0.15) is 29.2 Å². The first-order valence-corrected chi connectivity index (χ1v) is 9.37. The molecular weight excluding hydrogens is 338 g/mol. The molecule has 1 saturated heterocycles. The summed E-state index contributed by atoms with van der Waals surface area (Å²) in [6.07, 6.45) is 0. The molecule has 0 bridgehead atoms. The van der Waals surface area contributed by atoms with Gasteiger partial charge in [-0.2, -0.15) is 0 Å². The number of thiazole rings is 1. The zero-order chi connectivity index (χ0) is 15.7. The Morgan fingerprint density at radius 2 is 2.18 bits per heavy atom. The van der Waals surface area contributed by atoms with Crippen LogP contribution in [-0.2, 0) is 6.54 Å². The number of carbonyl (C=O) groups excluding carboxylic acids is 1. The minimum atomic E-state index is 0.0411. The van der Waals surface area contributed by atoms with Crippen molar-refractivity contribution in [2.45, 2.75) is 32.5 Å². The van der Waals surface area contributed by atoms with Crippen molar-refractivity contribution in [1.29, 1.82) is 0 Å². The average Bonchev–Trinajstić information content (AvgIpc) is 3.15. The van der Waals surface area contributed by atoms with Gasteiger partial charge in [-0.15, -0.1) is 22.7 Å². The number of rotatable bonds is 3. The maximum atomic E-state index is 12.5. The molecule has 0 saturated carbocycles. The Labute approximate surface area is 143 Å². The summed E-state index contributed by atoms with van der Waals surface area (Å²) in [6.45, 7) is 6.79. The third kappa shape index (κ3) is 3.20. The van der Waals surface area contributed by atoms with Crippen LogP contribution in [0.3, 0.4) is 0 Å². The van der Waals surface area contributed by atoms with Gasteiger partial charge in [0.05, 0.1) is 9.85 Å². The van der Waals surface area contributed by atoms with Crippen LogP contribution in [0.5, 0.6) is 0 Å². The molecule has 1 aliphatic rings. The van der Waals surface area contributed by atoms with Crippen LogP contribution in [0.25, 0.3) is 0 Å². The smallest absolute Gasteiger partial charge is 0.273 e.